The van der Waals surface area contributed by atoms with Crippen molar-refractivity contribution in [1.29, 1.82) is 0 Å². The van der Waals surface area contributed by atoms with E-state index in [-0.39, 0.29) is 22.0 Å². The SMILES string of the molecule is O=C(O)c1cc(Cl)cc(S(=O)(=O)NCc2cscn2)c1Cl. The van der Waals surface area contributed by atoms with E-state index >= 15 is 0 Å². The molecule has 0 radical (unpaired) electrons. The maximum absolute atomic E-state index is 12.2. The van der Waals surface area contributed by atoms with Crippen molar-refractivity contribution < 1.29 is 18.3 Å². The minimum absolute atomic E-state index is 0.0307. The van der Waals surface area contributed by atoms with E-state index in [1.807, 2.05) is 0 Å². The predicted molar refractivity (Wildman–Crippen MR) is 79.6 cm³/mol. The third kappa shape index (κ3) is 3.72. The van der Waals surface area contributed by atoms with Gasteiger partial charge in [-0.25, -0.2) is 22.9 Å². The molecule has 1 aromatic carbocycles. The van der Waals surface area contributed by atoms with Gasteiger partial charge < -0.3 is 5.11 Å². The van der Waals surface area contributed by atoms with Crippen molar-refractivity contribution in [3.05, 3.63) is 44.3 Å². The van der Waals surface area contributed by atoms with Gasteiger partial charge in [0, 0.05) is 10.4 Å². The molecule has 0 aliphatic rings. The molecular weight excluding hydrogens is 359 g/mol. The number of aromatic carboxylic acids is 1. The molecular formula is C11H8Cl2N2O4S2. The zero-order valence-electron chi connectivity index (χ0n) is 10.2. The van der Waals surface area contributed by atoms with Crippen LogP contribution in [-0.2, 0) is 16.6 Å². The summed E-state index contributed by atoms with van der Waals surface area (Å²) in [5.41, 5.74) is 1.73. The number of rotatable bonds is 5. The number of nitrogens with zero attached hydrogens (tertiary/aromatic N) is 1. The molecule has 0 atom stereocenters. The van der Waals surface area contributed by atoms with Gasteiger partial charge in [0.1, 0.15) is 4.90 Å². The highest BCUT2D eigenvalue weighted by Gasteiger charge is 2.23. The molecule has 0 spiro atoms. The Balaban J connectivity index is 2.37. The van der Waals surface area contributed by atoms with Crippen LogP contribution in [0.15, 0.2) is 27.9 Å². The molecule has 2 N–H and O–H groups in total. The van der Waals surface area contributed by atoms with Crippen LogP contribution in [0.2, 0.25) is 10.0 Å². The van der Waals surface area contributed by atoms with Crippen LogP contribution in [0.25, 0.3) is 0 Å². The van der Waals surface area contributed by atoms with Crippen LogP contribution in [0, 0.1) is 0 Å². The molecule has 21 heavy (non-hydrogen) atoms. The third-order valence-corrected chi connectivity index (χ3v) is 5.25. The summed E-state index contributed by atoms with van der Waals surface area (Å²) in [6, 6.07) is 2.19. The number of carbonyl (C=O) groups is 1. The number of benzene rings is 1. The summed E-state index contributed by atoms with van der Waals surface area (Å²) in [6.45, 7) is -0.0307. The molecule has 112 valence electrons. The number of halogens is 2. The minimum Gasteiger partial charge on any atom is -0.478 e. The maximum atomic E-state index is 12.2. The first-order valence-electron chi connectivity index (χ1n) is 5.40. The second-order valence-electron chi connectivity index (χ2n) is 3.87. The first-order chi connectivity index (χ1) is 9.81. The number of sulfonamides is 1. The molecule has 0 unspecified atom stereocenters. The van der Waals surface area contributed by atoms with Crippen molar-refractivity contribution in [2.45, 2.75) is 11.4 Å². The van der Waals surface area contributed by atoms with Crippen molar-refractivity contribution in [2.75, 3.05) is 0 Å². The standard InChI is InChI=1S/C11H8Cl2N2O4S2/c12-6-1-8(11(16)17)10(13)9(2-6)21(18,19)15-3-7-4-20-5-14-7/h1-2,4-5,15H,3H2,(H,16,17). The van der Waals surface area contributed by atoms with Crippen LogP contribution in [0.4, 0.5) is 0 Å². The number of hydrogen-bond donors (Lipinski definition) is 2. The normalized spacial score (nSPS) is 11.5. The van der Waals surface area contributed by atoms with E-state index in [4.69, 9.17) is 28.3 Å². The Morgan fingerprint density at radius 3 is 2.67 bits per heavy atom. The van der Waals surface area contributed by atoms with E-state index in [1.165, 1.54) is 11.3 Å². The van der Waals surface area contributed by atoms with E-state index in [1.54, 1.807) is 10.9 Å². The molecule has 0 aliphatic carbocycles. The summed E-state index contributed by atoms with van der Waals surface area (Å²) in [4.78, 5) is 14.6. The number of carboxylic acid groups (broad SMARTS) is 1. The molecule has 2 aromatic rings. The van der Waals surface area contributed by atoms with Gasteiger partial charge in [0.05, 0.1) is 28.3 Å². The van der Waals surface area contributed by atoms with Crippen LogP contribution < -0.4 is 4.72 Å². The zero-order valence-corrected chi connectivity index (χ0v) is 13.4. The van der Waals surface area contributed by atoms with E-state index in [2.05, 4.69) is 9.71 Å². The van der Waals surface area contributed by atoms with Gasteiger partial charge in [-0.05, 0) is 12.1 Å². The van der Waals surface area contributed by atoms with Gasteiger partial charge in [0.15, 0.2) is 0 Å². The highest BCUT2D eigenvalue weighted by molar-refractivity contribution is 7.89. The fraction of sp³-hybridized carbons (Fsp3) is 0.0909. The topological polar surface area (TPSA) is 96.4 Å². The van der Waals surface area contributed by atoms with Crippen LogP contribution in [-0.4, -0.2) is 24.5 Å². The Morgan fingerprint density at radius 1 is 1.38 bits per heavy atom. The van der Waals surface area contributed by atoms with E-state index in [9.17, 15) is 13.2 Å². The molecule has 1 heterocycles. The maximum Gasteiger partial charge on any atom is 0.337 e. The lowest BCUT2D eigenvalue weighted by molar-refractivity contribution is 0.0697. The fourth-order valence-corrected chi connectivity index (χ4v) is 3.94. The van der Waals surface area contributed by atoms with Gasteiger partial charge in [-0.3, -0.25) is 0 Å². The number of thiazole rings is 1. The van der Waals surface area contributed by atoms with Gasteiger partial charge in [-0.1, -0.05) is 23.2 Å². The highest BCUT2D eigenvalue weighted by atomic mass is 35.5. The molecule has 10 heteroatoms. The Kier molecular flexibility index (Phi) is 4.84. The Labute approximate surface area is 134 Å². The Hall–Kier alpha value is -1.19. The van der Waals surface area contributed by atoms with Gasteiger partial charge in [-0.15, -0.1) is 11.3 Å². The third-order valence-electron chi connectivity index (χ3n) is 2.45. The Morgan fingerprint density at radius 2 is 2.10 bits per heavy atom. The number of hydrogen-bond acceptors (Lipinski definition) is 5. The van der Waals surface area contributed by atoms with Crippen molar-refractivity contribution in [3.63, 3.8) is 0 Å². The predicted octanol–water partition coefficient (Wildman–Crippen LogP) is 2.63. The van der Waals surface area contributed by atoms with Crippen LogP contribution in [0.5, 0.6) is 0 Å². The van der Waals surface area contributed by atoms with Gasteiger partial charge in [-0.2, -0.15) is 0 Å². The van der Waals surface area contributed by atoms with E-state index in [0.29, 0.717) is 5.69 Å². The minimum atomic E-state index is -4.01. The highest BCUT2D eigenvalue weighted by Crippen LogP contribution is 2.29. The number of carboxylic acids is 1. The zero-order chi connectivity index (χ0) is 15.6. The summed E-state index contributed by atoms with van der Waals surface area (Å²) in [5, 5.41) is 10.3. The average Bonchev–Trinajstić information content (AvgIpc) is 2.91. The van der Waals surface area contributed by atoms with E-state index in [0.717, 1.165) is 12.1 Å². The molecule has 0 saturated heterocycles. The lowest BCUT2D eigenvalue weighted by atomic mass is 10.2. The molecule has 0 amide bonds. The average molecular weight is 367 g/mol. The second kappa shape index (κ2) is 6.29. The molecule has 0 saturated carbocycles. The number of nitrogens with one attached hydrogen (secondary N) is 1. The Bertz CT molecular complexity index is 776. The molecule has 1 aromatic heterocycles. The van der Waals surface area contributed by atoms with Crippen molar-refractivity contribution in [3.8, 4) is 0 Å². The van der Waals surface area contributed by atoms with Crippen LogP contribution in [0.3, 0.4) is 0 Å². The molecule has 0 aliphatic heterocycles. The van der Waals surface area contributed by atoms with Gasteiger partial charge in [0.2, 0.25) is 10.0 Å². The molecule has 0 fully saturated rings. The number of aromatic nitrogens is 1. The van der Waals surface area contributed by atoms with Crippen LogP contribution >= 0.6 is 34.5 Å². The molecule has 2 rings (SSSR count). The summed E-state index contributed by atoms with van der Waals surface area (Å²) in [7, 11) is -4.01. The first kappa shape index (κ1) is 16.2. The van der Waals surface area contributed by atoms with Gasteiger partial charge >= 0.3 is 5.97 Å². The molecule has 0 bridgehead atoms. The summed E-state index contributed by atoms with van der Waals surface area (Å²) >= 11 is 12.9. The smallest absolute Gasteiger partial charge is 0.337 e. The lowest BCUT2D eigenvalue weighted by Gasteiger charge is -2.10. The van der Waals surface area contributed by atoms with Crippen LogP contribution in [0.1, 0.15) is 16.1 Å². The quantitative estimate of drug-likeness (QED) is 0.847. The molecule has 6 nitrogen and oxygen atoms in total. The summed E-state index contributed by atoms with van der Waals surface area (Å²) in [6.07, 6.45) is 0. The van der Waals surface area contributed by atoms with E-state index < -0.39 is 21.0 Å². The second-order valence-corrected chi connectivity index (χ2v) is 7.14. The van der Waals surface area contributed by atoms with Gasteiger partial charge in [0.25, 0.3) is 0 Å². The lowest BCUT2D eigenvalue weighted by Crippen LogP contribution is -2.24. The largest absolute Gasteiger partial charge is 0.478 e. The van der Waals surface area contributed by atoms with Crippen molar-refractivity contribution in [1.82, 2.24) is 9.71 Å². The summed E-state index contributed by atoms with van der Waals surface area (Å²) < 4.78 is 26.7. The monoisotopic (exact) mass is 366 g/mol. The fourth-order valence-electron chi connectivity index (χ4n) is 1.49. The summed E-state index contributed by atoms with van der Waals surface area (Å²) in [5.74, 6) is -1.36. The first-order valence-corrected chi connectivity index (χ1v) is 8.58. The van der Waals surface area contributed by atoms with Crippen molar-refractivity contribution in [2.24, 2.45) is 0 Å². The van der Waals surface area contributed by atoms with Crippen molar-refractivity contribution >= 4 is 50.5 Å².